The largest absolute Gasteiger partial charge is 0.205 e. The van der Waals surface area contributed by atoms with Crippen LogP contribution < -0.4 is 0 Å². The number of hydrogen-bond acceptors (Lipinski definition) is 0. The minimum Gasteiger partial charge on any atom is -0.205 e. The van der Waals surface area contributed by atoms with Gasteiger partial charge in [-0.3, -0.25) is 0 Å². The second-order valence-corrected chi connectivity index (χ2v) is 6.81. The lowest BCUT2D eigenvalue weighted by molar-refractivity contribution is 0.577. The SMILES string of the molecule is CCCCc1ccccc1-c1ccc(C#Cc2cc(F)c(C#CCl)c(F)c2)cc1. The highest BCUT2D eigenvalue weighted by atomic mass is 35.5. The minimum atomic E-state index is -0.776. The second kappa shape index (κ2) is 9.92. The van der Waals surface area contributed by atoms with Crippen LogP contribution >= 0.6 is 11.6 Å². The summed E-state index contributed by atoms with van der Waals surface area (Å²) in [4.78, 5) is 0. The summed E-state index contributed by atoms with van der Waals surface area (Å²) in [6, 6.07) is 18.6. The number of hydrogen-bond donors (Lipinski definition) is 0. The summed E-state index contributed by atoms with van der Waals surface area (Å²) in [6.45, 7) is 2.19. The van der Waals surface area contributed by atoms with Crippen LogP contribution in [0.3, 0.4) is 0 Å². The Bertz CT molecular complexity index is 1100. The van der Waals surface area contributed by atoms with Crippen LogP contribution in [0.1, 0.15) is 42.0 Å². The van der Waals surface area contributed by atoms with Gasteiger partial charge in [0, 0.05) is 16.5 Å². The van der Waals surface area contributed by atoms with Crippen molar-refractivity contribution in [3.8, 4) is 34.3 Å². The predicted molar refractivity (Wildman–Crippen MR) is 116 cm³/mol. The van der Waals surface area contributed by atoms with Crippen LogP contribution in [0.2, 0.25) is 0 Å². The Balaban J connectivity index is 1.84. The van der Waals surface area contributed by atoms with Crippen LogP contribution in [-0.2, 0) is 6.42 Å². The van der Waals surface area contributed by atoms with E-state index in [-0.39, 0.29) is 11.1 Å². The molecule has 0 bridgehead atoms. The lowest BCUT2D eigenvalue weighted by atomic mass is 9.95. The van der Waals surface area contributed by atoms with Crippen LogP contribution in [-0.4, -0.2) is 0 Å². The topological polar surface area (TPSA) is 0 Å². The third kappa shape index (κ3) is 5.26. The smallest absolute Gasteiger partial charge is 0.143 e. The Labute approximate surface area is 175 Å². The lowest BCUT2D eigenvalue weighted by Gasteiger charge is -2.09. The van der Waals surface area contributed by atoms with Crippen LogP contribution in [0.15, 0.2) is 60.7 Å². The molecule has 0 unspecified atom stereocenters. The monoisotopic (exact) mass is 404 g/mol. The molecular formula is C26H19ClF2. The van der Waals surface area contributed by atoms with Gasteiger partial charge in [-0.25, -0.2) is 8.78 Å². The molecule has 144 valence electrons. The lowest BCUT2D eigenvalue weighted by Crippen LogP contribution is -1.92. The standard InChI is InChI=1S/C26H19ClF2/c1-2-3-6-21-7-4-5-8-23(21)22-13-11-19(12-14-22)9-10-20-17-25(28)24(15-16-27)26(29)18-20/h4-5,7-8,11-14,17-18H,2-3,6H2,1H3. The molecule has 0 heterocycles. The van der Waals surface area contributed by atoms with Crippen LogP contribution in [0.25, 0.3) is 11.1 Å². The number of rotatable bonds is 4. The molecule has 3 heteroatoms. The van der Waals surface area contributed by atoms with E-state index in [1.165, 1.54) is 11.1 Å². The zero-order valence-electron chi connectivity index (χ0n) is 16.0. The van der Waals surface area contributed by atoms with Gasteiger partial charge in [0.1, 0.15) is 11.6 Å². The fraction of sp³-hybridized carbons (Fsp3) is 0.154. The molecule has 0 radical (unpaired) electrons. The quantitative estimate of drug-likeness (QED) is 0.414. The molecule has 0 aromatic heterocycles. The summed E-state index contributed by atoms with van der Waals surface area (Å²) in [5, 5.41) is 1.98. The van der Waals surface area contributed by atoms with E-state index in [2.05, 4.69) is 42.9 Å². The van der Waals surface area contributed by atoms with Gasteiger partial charge in [0.2, 0.25) is 0 Å². The fourth-order valence-corrected chi connectivity index (χ4v) is 3.17. The average Bonchev–Trinajstić information content (AvgIpc) is 2.74. The third-order valence-electron chi connectivity index (χ3n) is 4.58. The van der Waals surface area contributed by atoms with Crippen molar-refractivity contribution in [2.75, 3.05) is 0 Å². The highest BCUT2D eigenvalue weighted by molar-refractivity contribution is 6.30. The molecule has 0 N–H and O–H groups in total. The molecule has 3 aromatic rings. The van der Waals surface area contributed by atoms with Crippen molar-refractivity contribution in [3.63, 3.8) is 0 Å². The van der Waals surface area contributed by atoms with E-state index in [4.69, 9.17) is 11.6 Å². The second-order valence-electron chi connectivity index (χ2n) is 6.62. The van der Waals surface area contributed by atoms with E-state index in [0.717, 1.165) is 42.5 Å². The van der Waals surface area contributed by atoms with E-state index in [1.807, 2.05) is 35.7 Å². The van der Waals surface area contributed by atoms with Crippen molar-refractivity contribution in [1.82, 2.24) is 0 Å². The molecule has 29 heavy (non-hydrogen) atoms. The van der Waals surface area contributed by atoms with Gasteiger partial charge in [0.05, 0.1) is 5.56 Å². The normalized spacial score (nSPS) is 9.93. The third-order valence-corrected chi connectivity index (χ3v) is 4.67. The Morgan fingerprint density at radius 3 is 2.14 bits per heavy atom. The van der Waals surface area contributed by atoms with Crippen molar-refractivity contribution in [2.24, 2.45) is 0 Å². The van der Waals surface area contributed by atoms with Gasteiger partial charge in [-0.15, -0.1) is 0 Å². The van der Waals surface area contributed by atoms with Gasteiger partial charge >= 0.3 is 0 Å². The van der Waals surface area contributed by atoms with Crippen molar-refractivity contribution >= 4 is 11.6 Å². The highest BCUT2D eigenvalue weighted by Gasteiger charge is 2.08. The summed E-state index contributed by atoms with van der Waals surface area (Å²) in [5.74, 6) is 6.40. The molecular weight excluding hydrogens is 386 g/mol. The minimum absolute atomic E-state index is 0.245. The molecule has 3 aromatic carbocycles. The number of benzene rings is 3. The summed E-state index contributed by atoms with van der Waals surface area (Å²) in [7, 11) is 0. The first kappa shape index (κ1) is 20.7. The first-order valence-corrected chi connectivity index (χ1v) is 9.81. The Morgan fingerprint density at radius 1 is 0.828 bits per heavy atom. The molecule has 0 amide bonds. The first-order valence-electron chi connectivity index (χ1n) is 9.43. The number of halogens is 3. The maximum Gasteiger partial charge on any atom is 0.143 e. The average molecular weight is 405 g/mol. The van der Waals surface area contributed by atoms with E-state index < -0.39 is 11.6 Å². The van der Waals surface area contributed by atoms with Crippen LogP contribution in [0, 0.1) is 34.8 Å². The number of aryl methyl sites for hydroxylation is 1. The van der Waals surface area contributed by atoms with Crippen LogP contribution in [0.5, 0.6) is 0 Å². The molecule has 0 aliphatic heterocycles. The maximum absolute atomic E-state index is 13.9. The fourth-order valence-electron chi connectivity index (χ4n) is 3.08. The van der Waals surface area contributed by atoms with Crippen LogP contribution in [0.4, 0.5) is 8.78 Å². The molecule has 0 spiro atoms. The Hall–Kier alpha value is -3.07. The number of unbranched alkanes of at least 4 members (excludes halogenated alkanes) is 1. The van der Waals surface area contributed by atoms with Gasteiger partial charge in [-0.05, 0) is 71.3 Å². The van der Waals surface area contributed by atoms with Crippen molar-refractivity contribution < 1.29 is 8.78 Å². The maximum atomic E-state index is 13.9. The van der Waals surface area contributed by atoms with Gasteiger partial charge in [-0.1, -0.05) is 61.6 Å². The summed E-state index contributed by atoms with van der Waals surface area (Å²) in [5.41, 5.74) is 4.35. The first-order chi connectivity index (χ1) is 14.1. The molecule has 0 fully saturated rings. The summed E-state index contributed by atoms with van der Waals surface area (Å²) >= 11 is 5.23. The van der Waals surface area contributed by atoms with E-state index in [0.29, 0.717) is 0 Å². The van der Waals surface area contributed by atoms with E-state index in [1.54, 1.807) is 0 Å². The van der Waals surface area contributed by atoms with Crippen molar-refractivity contribution in [3.05, 3.63) is 94.6 Å². The summed E-state index contributed by atoms with van der Waals surface area (Å²) < 4.78 is 27.8. The molecule has 0 aliphatic carbocycles. The zero-order chi connectivity index (χ0) is 20.6. The Morgan fingerprint density at radius 2 is 1.48 bits per heavy atom. The molecule has 0 saturated heterocycles. The van der Waals surface area contributed by atoms with Crippen molar-refractivity contribution in [2.45, 2.75) is 26.2 Å². The zero-order valence-corrected chi connectivity index (χ0v) is 16.8. The molecule has 0 saturated carbocycles. The molecule has 0 aliphatic rings. The Kier molecular flexibility index (Phi) is 7.07. The van der Waals surface area contributed by atoms with E-state index in [9.17, 15) is 8.78 Å². The molecule has 0 atom stereocenters. The van der Waals surface area contributed by atoms with E-state index >= 15 is 0 Å². The van der Waals surface area contributed by atoms with Crippen molar-refractivity contribution in [1.29, 1.82) is 0 Å². The van der Waals surface area contributed by atoms with Gasteiger partial charge in [-0.2, -0.15) is 0 Å². The molecule has 0 nitrogen and oxygen atoms in total. The molecule has 3 rings (SSSR count). The summed E-state index contributed by atoms with van der Waals surface area (Å²) in [6.07, 6.45) is 3.36. The van der Waals surface area contributed by atoms with Gasteiger partial charge < -0.3 is 0 Å². The van der Waals surface area contributed by atoms with Gasteiger partial charge in [0.25, 0.3) is 0 Å². The van der Waals surface area contributed by atoms with Gasteiger partial charge in [0.15, 0.2) is 0 Å². The highest BCUT2D eigenvalue weighted by Crippen LogP contribution is 2.25. The predicted octanol–water partition coefficient (Wildman–Crippen LogP) is 6.92.